The molecular formula is C25H20Cl2N6O2. The summed E-state index contributed by atoms with van der Waals surface area (Å²) in [6.45, 7) is 1.82. The monoisotopic (exact) mass is 506 g/mol. The number of nitrogens with zero attached hydrogens (tertiary/aromatic N) is 4. The van der Waals surface area contributed by atoms with E-state index in [4.69, 9.17) is 33.0 Å². The van der Waals surface area contributed by atoms with Crippen molar-refractivity contribution in [3.63, 3.8) is 0 Å². The number of rotatable bonds is 5. The molecule has 0 spiro atoms. The molecule has 35 heavy (non-hydrogen) atoms. The number of allylic oxidation sites excluding steroid dienone is 1. The average Bonchev–Trinajstić information content (AvgIpc) is 3.28. The van der Waals surface area contributed by atoms with Gasteiger partial charge in [-0.3, -0.25) is 9.78 Å². The normalized spacial score (nSPS) is 14.8. The third kappa shape index (κ3) is 4.34. The van der Waals surface area contributed by atoms with E-state index in [-0.39, 0.29) is 5.91 Å². The van der Waals surface area contributed by atoms with Crippen molar-refractivity contribution in [1.29, 1.82) is 0 Å². The molecule has 2 aromatic carbocycles. The maximum Gasteiger partial charge on any atom is 0.255 e. The van der Waals surface area contributed by atoms with E-state index in [9.17, 15) is 4.79 Å². The molecule has 8 nitrogen and oxygen atoms in total. The zero-order valence-corrected chi connectivity index (χ0v) is 20.3. The number of pyridine rings is 1. The van der Waals surface area contributed by atoms with Crippen LogP contribution in [0.1, 0.15) is 18.5 Å². The van der Waals surface area contributed by atoms with Crippen LogP contribution in [-0.2, 0) is 4.79 Å². The summed E-state index contributed by atoms with van der Waals surface area (Å²) >= 11 is 12.8. The molecule has 5 rings (SSSR count). The Bertz CT molecular complexity index is 1450. The SMILES string of the molecule is COc1ccccc1NC(=O)C1=C(C)Nc2nc(-c3ccncc3)nn2C1c1ccc(Cl)cc1Cl. The van der Waals surface area contributed by atoms with Crippen LogP contribution in [0.25, 0.3) is 11.4 Å². The van der Waals surface area contributed by atoms with E-state index < -0.39 is 6.04 Å². The quantitative estimate of drug-likeness (QED) is 0.366. The molecule has 176 valence electrons. The molecule has 2 N–H and O–H groups in total. The van der Waals surface area contributed by atoms with E-state index in [0.717, 1.165) is 5.56 Å². The molecule has 1 atom stereocenters. The molecule has 0 fully saturated rings. The van der Waals surface area contributed by atoms with Crippen LogP contribution in [0.5, 0.6) is 5.75 Å². The minimum Gasteiger partial charge on any atom is -0.495 e. The first-order valence-electron chi connectivity index (χ1n) is 10.7. The fraction of sp³-hybridized carbons (Fsp3) is 0.120. The summed E-state index contributed by atoms with van der Waals surface area (Å²) in [7, 11) is 1.55. The van der Waals surface area contributed by atoms with Gasteiger partial charge in [0.25, 0.3) is 5.91 Å². The van der Waals surface area contributed by atoms with Crippen LogP contribution in [0.15, 0.2) is 78.3 Å². The Hall–Kier alpha value is -3.88. The molecule has 10 heteroatoms. The predicted octanol–water partition coefficient (Wildman–Crippen LogP) is 5.58. The number of fused-ring (bicyclic) bond motifs is 1. The number of hydrogen-bond donors (Lipinski definition) is 2. The lowest BCUT2D eigenvalue weighted by molar-refractivity contribution is -0.113. The summed E-state index contributed by atoms with van der Waals surface area (Å²) in [5.74, 6) is 1.19. The van der Waals surface area contributed by atoms with E-state index in [1.807, 2.05) is 31.2 Å². The van der Waals surface area contributed by atoms with E-state index in [0.29, 0.717) is 50.1 Å². The molecule has 0 bridgehead atoms. The molecule has 2 aromatic heterocycles. The molecule has 1 unspecified atom stereocenters. The van der Waals surface area contributed by atoms with Gasteiger partial charge in [0.15, 0.2) is 5.82 Å². The highest BCUT2D eigenvalue weighted by Gasteiger charge is 2.36. The molecule has 0 saturated heterocycles. The van der Waals surface area contributed by atoms with Gasteiger partial charge >= 0.3 is 0 Å². The number of aromatic nitrogens is 4. The molecule has 0 saturated carbocycles. The van der Waals surface area contributed by atoms with Crippen LogP contribution in [0.2, 0.25) is 10.0 Å². The summed E-state index contributed by atoms with van der Waals surface area (Å²) < 4.78 is 7.06. The lowest BCUT2D eigenvalue weighted by atomic mass is 9.95. The second kappa shape index (κ2) is 9.40. The summed E-state index contributed by atoms with van der Waals surface area (Å²) in [5, 5.41) is 11.8. The van der Waals surface area contributed by atoms with Crippen molar-refractivity contribution in [2.24, 2.45) is 0 Å². The Labute approximate surface area is 211 Å². The first-order chi connectivity index (χ1) is 17.0. The van der Waals surface area contributed by atoms with Crippen LogP contribution in [0, 0.1) is 0 Å². The van der Waals surface area contributed by atoms with Gasteiger partial charge in [-0.25, -0.2) is 4.68 Å². The Morgan fingerprint density at radius 3 is 2.63 bits per heavy atom. The number of ether oxygens (including phenoxy) is 1. The summed E-state index contributed by atoms with van der Waals surface area (Å²) in [4.78, 5) is 22.4. The summed E-state index contributed by atoms with van der Waals surface area (Å²) in [6, 6.07) is 15.4. The number of benzene rings is 2. The molecule has 3 heterocycles. The number of carbonyl (C=O) groups is 1. The Morgan fingerprint density at radius 2 is 1.89 bits per heavy atom. The summed E-state index contributed by atoms with van der Waals surface area (Å²) in [5.41, 5.74) is 3.05. The second-order valence-corrected chi connectivity index (χ2v) is 8.67. The van der Waals surface area contributed by atoms with Gasteiger partial charge in [-0.15, -0.1) is 5.10 Å². The van der Waals surface area contributed by atoms with Crippen molar-refractivity contribution in [2.75, 3.05) is 17.7 Å². The molecular weight excluding hydrogens is 487 g/mol. The number of halogens is 2. The molecule has 1 amide bonds. The van der Waals surface area contributed by atoms with Gasteiger partial charge in [-0.2, -0.15) is 4.98 Å². The van der Waals surface area contributed by atoms with Crippen molar-refractivity contribution < 1.29 is 9.53 Å². The fourth-order valence-corrected chi connectivity index (χ4v) is 4.53. The van der Waals surface area contributed by atoms with Gasteiger partial charge in [-0.05, 0) is 43.3 Å². The standard InChI is InChI=1S/C25H20Cl2N6O2/c1-14-21(24(34)30-19-5-3-4-6-20(19)35-2)22(17-8-7-16(26)13-18(17)27)33-25(29-14)31-23(32-33)15-9-11-28-12-10-15/h3-13,22H,1-2H3,(H,30,34)(H,29,31,32). The first-order valence-corrected chi connectivity index (χ1v) is 11.5. The van der Waals surface area contributed by atoms with Crippen molar-refractivity contribution in [3.05, 3.63) is 93.9 Å². The van der Waals surface area contributed by atoms with Gasteiger partial charge in [0.2, 0.25) is 5.95 Å². The topological polar surface area (TPSA) is 94.0 Å². The highest BCUT2D eigenvalue weighted by atomic mass is 35.5. The number of methoxy groups -OCH3 is 1. The number of carbonyl (C=O) groups excluding carboxylic acids is 1. The van der Waals surface area contributed by atoms with Crippen LogP contribution >= 0.6 is 23.2 Å². The van der Waals surface area contributed by atoms with Crippen molar-refractivity contribution >= 4 is 40.7 Å². The average molecular weight is 507 g/mol. The maximum absolute atomic E-state index is 13.7. The van der Waals surface area contributed by atoms with Gasteiger partial charge in [-0.1, -0.05) is 41.4 Å². The van der Waals surface area contributed by atoms with E-state index in [1.54, 1.807) is 54.5 Å². The minimum absolute atomic E-state index is 0.331. The molecule has 0 aliphatic carbocycles. The molecule has 0 radical (unpaired) electrons. The van der Waals surface area contributed by atoms with Crippen molar-refractivity contribution in [1.82, 2.24) is 19.7 Å². The number of anilines is 2. The van der Waals surface area contributed by atoms with E-state index >= 15 is 0 Å². The zero-order valence-electron chi connectivity index (χ0n) is 18.8. The van der Waals surface area contributed by atoms with Crippen LogP contribution in [0.4, 0.5) is 11.6 Å². The van der Waals surface area contributed by atoms with Gasteiger partial charge in [0.1, 0.15) is 11.8 Å². The van der Waals surface area contributed by atoms with E-state index in [1.165, 1.54) is 0 Å². The Morgan fingerprint density at radius 1 is 1.11 bits per heavy atom. The molecule has 1 aliphatic heterocycles. The van der Waals surface area contributed by atoms with Gasteiger partial charge < -0.3 is 15.4 Å². The highest BCUT2D eigenvalue weighted by Crippen LogP contribution is 2.40. The van der Waals surface area contributed by atoms with Crippen molar-refractivity contribution in [3.8, 4) is 17.1 Å². The lowest BCUT2D eigenvalue weighted by Crippen LogP contribution is -2.31. The van der Waals surface area contributed by atoms with Crippen molar-refractivity contribution in [2.45, 2.75) is 13.0 Å². The summed E-state index contributed by atoms with van der Waals surface area (Å²) in [6.07, 6.45) is 3.35. The van der Waals surface area contributed by atoms with Crippen LogP contribution < -0.4 is 15.4 Å². The number of amides is 1. The van der Waals surface area contributed by atoms with Crippen LogP contribution in [0.3, 0.4) is 0 Å². The lowest BCUT2D eigenvalue weighted by Gasteiger charge is -2.29. The van der Waals surface area contributed by atoms with Gasteiger partial charge in [0.05, 0.1) is 18.4 Å². The first kappa shape index (κ1) is 22.9. The minimum atomic E-state index is -0.659. The number of para-hydroxylation sites is 2. The van der Waals surface area contributed by atoms with Crippen LogP contribution in [-0.4, -0.2) is 32.8 Å². The maximum atomic E-state index is 13.7. The molecule has 4 aromatic rings. The fourth-order valence-electron chi connectivity index (χ4n) is 4.02. The largest absolute Gasteiger partial charge is 0.495 e. The highest BCUT2D eigenvalue weighted by molar-refractivity contribution is 6.35. The Kier molecular flexibility index (Phi) is 6.15. The zero-order chi connectivity index (χ0) is 24.5. The molecule has 1 aliphatic rings. The third-order valence-electron chi connectivity index (χ3n) is 5.65. The second-order valence-electron chi connectivity index (χ2n) is 7.83. The Balaban J connectivity index is 1.63. The predicted molar refractivity (Wildman–Crippen MR) is 136 cm³/mol. The number of hydrogen-bond acceptors (Lipinski definition) is 6. The smallest absolute Gasteiger partial charge is 0.255 e. The number of nitrogens with one attached hydrogen (secondary N) is 2. The van der Waals surface area contributed by atoms with E-state index in [2.05, 4.69) is 20.6 Å². The third-order valence-corrected chi connectivity index (χ3v) is 6.21. The van der Waals surface area contributed by atoms with Gasteiger partial charge in [0, 0.05) is 39.3 Å².